The highest BCUT2D eigenvalue weighted by atomic mass is 16.2. The number of rotatable bonds is 19. The van der Waals surface area contributed by atoms with E-state index in [1.807, 2.05) is 46.8 Å². The van der Waals surface area contributed by atoms with Crippen LogP contribution in [0.25, 0.3) is 0 Å². The smallest absolute Gasteiger partial charge is 0.312 e. The molecule has 1 aliphatic rings. The lowest BCUT2D eigenvalue weighted by molar-refractivity contribution is -0.140. The maximum Gasteiger partial charge on any atom is 0.312 e. The topological polar surface area (TPSA) is 180 Å². The van der Waals surface area contributed by atoms with Gasteiger partial charge in [-0.05, 0) is 68.1 Å². The van der Waals surface area contributed by atoms with Gasteiger partial charge in [-0.1, -0.05) is 80.4 Å². The number of amides is 7. The summed E-state index contributed by atoms with van der Waals surface area (Å²) in [5, 5.41) is 10.5. The molecule has 1 aromatic carbocycles. The molecule has 7 amide bonds. The lowest BCUT2D eigenvalue weighted by atomic mass is 9.72. The van der Waals surface area contributed by atoms with Gasteiger partial charge in [0.1, 0.15) is 6.04 Å². The standard InChI is InChI=1S/C32H50N6O6.C3H8.C2H6/c1-5-22-14-16-23(17-15-22)36-29(42)25(12-11-18-34-31(33)44)37-27(40)21-35-26(39)13-9-8-10-19-38-28(41)20-24(30(38)43)32(4,6-2)7-3;1-3-2;1-2/h14-17,24-25H,5-13,18-21H2,1-4H3,(H,35,39)(H,36,42)(H,37,40)(H3,33,34,44);3H2,1-2H3;1-2H3. The van der Waals surface area contributed by atoms with E-state index in [1.165, 1.54) is 11.3 Å². The first-order valence-corrected chi connectivity index (χ1v) is 18.2. The number of nitrogens with two attached hydrogens (primary N) is 1. The summed E-state index contributed by atoms with van der Waals surface area (Å²) < 4.78 is 0. The predicted octanol–water partition coefficient (Wildman–Crippen LogP) is 5.44. The molecular formula is C37H64N6O6. The zero-order valence-corrected chi connectivity index (χ0v) is 31.3. The van der Waals surface area contributed by atoms with Crippen LogP contribution in [-0.2, 0) is 30.4 Å². The van der Waals surface area contributed by atoms with Crippen LogP contribution < -0.4 is 27.0 Å². The van der Waals surface area contributed by atoms with E-state index in [9.17, 15) is 28.8 Å². The molecule has 0 saturated carbocycles. The van der Waals surface area contributed by atoms with Gasteiger partial charge in [0.2, 0.25) is 29.5 Å². The number of likely N-dealkylation sites (tertiary alicyclic amines) is 1. The van der Waals surface area contributed by atoms with Crippen LogP contribution in [0.4, 0.5) is 10.5 Å². The second-order valence-electron chi connectivity index (χ2n) is 12.4. The Kier molecular flexibility index (Phi) is 23.0. The molecule has 12 heteroatoms. The first kappa shape index (κ1) is 45.0. The molecule has 2 rings (SSSR count). The van der Waals surface area contributed by atoms with Crippen molar-refractivity contribution in [2.45, 2.75) is 132 Å². The van der Waals surface area contributed by atoms with Crippen LogP contribution in [-0.4, -0.2) is 66.1 Å². The van der Waals surface area contributed by atoms with Crippen LogP contribution in [0, 0.1) is 11.3 Å². The van der Waals surface area contributed by atoms with E-state index in [2.05, 4.69) is 42.0 Å². The Bertz CT molecular complexity index is 1170. The Hall–Kier alpha value is -3.96. The number of primary amides is 1. The molecule has 1 aromatic rings. The Morgan fingerprint density at radius 2 is 1.51 bits per heavy atom. The monoisotopic (exact) mass is 688 g/mol. The molecule has 0 aliphatic carbocycles. The van der Waals surface area contributed by atoms with Gasteiger partial charge in [-0.3, -0.25) is 28.9 Å². The van der Waals surface area contributed by atoms with Gasteiger partial charge >= 0.3 is 6.03 Å². The number of benzene rings is 1. The van der Waals surface area contributed by atoms with E-state index in [-0.39, 0.29) is 61.4 Å². The highest BCUT2D eigenvalue weighted by molar-refractivity contribution is 6.04. The zero-order valence-electron chi connectivity index (χ0n) is 31.3. The highest BCUT2D eigenvalue weighted by Crippen LogP contribution is 2.41. The maximum atomic E-state index is 12.9. The number of hydrogen-bond donors (Lipinski definition) is 5. The molecule has 0 radical (unpaired) electrons. The third-order valence-electron chi connectivity index (χ3n) is 8.68. The van der Waals surface area contributed by atoms with Gasteiger partial charge in [0, 0.05) is 31.6 Å². The van der Waals surface area contributed by atoms with Gasteiger partial charge in [0.15, 0.2) is 0 Å². The average Bonchev–Trinajstić information content (AvgIpc) is 3.38. The number of imide groups is 1. The largest absolute Gasteiger partial charge is 0.352 e. The highest BCUT2D eigenvalue weighted by Gasteiger charge is 2.46. The summed E-state index contributed by atoms with van der Waals surface area (Å²) in [4.78, 5) is 75.6. The molecule has 1 heterocycles. The van der Waals surface area contributed by atoms with Gasteiger partial charge in [-0.15, -0.1) is 0 Å². The van der Waals surface area contributed by atoms with Crippen LogP contribution >= 0.6 is 0 Å². The van der Waals surface area contributed by atoms with Crippen LogP contribution in [0.5, 0.6) is 0 Å². The number of nitrogens with one attached hydrogen (secondary N) is 4. The van der Waals surface area contributed by atoms with Crippen LogP contribution in [0.1, 0.15) is 125 Å². The Morgan fingerprint density at radius 3 is 2.06 bits per heavy atom. The van der Waals surface area contributed by atoms with Crippen LogP contribution in [0.3, 0.4) is 0 Å². The van der Waals surface area contributed by atoms with E-state index < -0.39 is 23.9 Å². The van der Waals surface area contributed by atoms with Crippen molar-refractivity contribution < 1.29 is 28.8 Å². The molecule has 2 unspecified atom stereocenters. The molecule has 12 nitrogen and oxygen atoms in total. The van der Waals surface area contributed by atoms with Gasteiger partial charge in [-0.2, -0.15) is 0 Å². The number of nitrogens with zero attached hydrogens (tertiary/aromatic N) is 1. The molecule has 278 valence electrons. The Labute approximate surface area is 294 Å². The zero-order chi connectivity index (χ0) is 37.4. The van der Waals surface area contributed by atoms with Crippen LogP contribution in [0.2, 0.25) is 0 Å². The van der Waals surface area contributed by atoms with Gasteiger partial charge in [0.25, 0.3) is 0 Å². The number of carbonyl (C=O) groups is 6. The molecule has 1 aliphatic heterocycles. The van der Waals surface area contributed by atoms with E-state index in [1.54, 1.807) is 12.1 Å². The minimum absolute atomic E-state index is 0.0875. The Morgan fingerprint density at radius 1 is 0.898 bits per heavy atom. The number of unbranched alkanes of at least 4 members (excludes halogenated alkanes) is 2. The van der Waals surface area contributed by atoms with Crippen molar-refractivity contribution in [1.29, 1.82) is 0 Å². The molecule has 0 spiro atoms. The second kappa shape index (κ2) is 25.1. The number of urea groups is 1. The third-order valence-corrected chi connectivity index (χ3v) is 8.68. The molecule has 1 fully saturated rings. The number of aryl methyl sites for hydroxylation is 1. The van der Waals surface area contributed by atoms with Gasteiger partial charge in [-0.25, -0.2) is 4.79 Å². The minimum atomic E-state index is -0.886. The summed E-state index contributed by atoms with van der Waals surface area (Å²) in [7, 11) is 0. The SMILES string of the molecule is CC.CCC.CCc1ccc(NC(=O)C(CCCNC(N)=O)NC(=O)CNC(=O)CCCCCN2C(=O)CC(C(C)(CC)CC)C2=O)cc1. The first-order chi connectivity index (χ1) is 23.3. The summed E-state index contributed by atoms with van der Waals surface area (Å²) in [6, 6.07) is 5.83. The molecule has 0 bridgehead atoms. The third kappa shape index (κ3) is 16.8. The average molecular weight is 689 g/mol. The summed E-state index contributed by atoms with van der Waals surface area (Å²) in [5.74, 6) is -1.72. The molecule has 49 heavy (non-hydrogen) atoms. The van der Waals surface area contributed by atoms with E-state index >= 15 is 0 Å². The first-order valence-electron chi connectivity index (χ1n) is 18.2. The molecule has 1 saturated heterocycles. The van der Waals surface area contributed by atoms with Crippen molar-refractivity contribution in [1.82, 2.24) is 20.9 Å². The minimum Gasteiger partial charge on any atom is -0.352 e. The number of hydrogen-bond acceptors (Lipinski definition) is 6. The van der Waals surface area contributed by atoms with Crippen molar-refractivity contribution in [3.8, 4) is 0 Å². The lowest BCUT2D eigenvalue weighted by Gasteiger charge is -2.31. The molecule has 0 aromatic heterocycles. The Balaban J connectivity index is 0.00000435. The van der Waals surface area contributed by atoms with Crippen molar-refractivity contribution in [2.24, 2.45) is 17.1 Å². The maximum absolute atomic E-state index is 12.9. The normalized spacial score (nSPS) is 14.4. The van der Waals surface area contributed by atoms with E-state index in [4.69, 9.17) is 5.73 Å². The quantitative estimate of drug-likeness (QED) is 0.0954. The lowest BCUT2D eigenvalue weighted by Crippen LogP contribution is -2.47. The fraction of sp³-hybridized carbons (Fsp3) is 0.676. The number of carbonyl (C=O) groups excluding carboxylic acids is 6. The molecule has 6 N–H and O–H groups in total. The van der Waals surface area contributed by atoms with Crippen LogP contribution in [0.15, 0.2) is 24.3 Å². The van der Waals surface area contributed by atoms with Crippen molar-refractivity contribution >= 4 is 41.3 Å². The predicted molar refractivity (Wildman–Crippen MR) is 196 cm³/mol. The summed E-state index contributed by atoms with van der Waals surface area (Å²) in [5.41, 5.74) is 6.63. The second-order valence-corrected chi connectivity index (χ2v) is 12.4. The van der Waals surface area contributed by atoms with E-state index in [0.29, 0.717) is 37.9 Å². The molecule has 2 atom stereocenters. The molecular weight excluding hydrogens is 624 g/mol. The van der Waals surface area contributed by atoms with Gasteiger partial charge in [0.05, 0.1) is 12.5 Å². The summed E-state index contributed by atoms with van der Waals surface area (Å²) in [6.45, 7) is 16.7. The van der Waals surface area contributed by atoms with E-state index in [0.717, 1.165) is 24.8 Å². The fourth-order valence-electron chi connectivity index (χ4n) is 5.29. The number of anilines is 1. The summed E-state index contributed by atoms with van der Waals surface area (Å²) in [6.07, 6.45) is 6.70. The van der Waals surface area contributed by atoms with Crippen molar-refractivity contribution in [2.75, 3.05) is 25.0 Å². The van der Waals surface area contributed by atoms with Crippen molar-refractivity contribution in [3.63, 3.8) is 0 Å². The van der Waals surface area contributed by atoms with Gasteiger partial charge < -0.3 is 27.0 Å². The van der Waals surface area contributed by atoms with Crippen molar-refractivity contribution in [3.05, 3.63) is 29.8 Å². The summed E-state index contributed by atoms with van der Waals surface area (Å²) >= 11 is 0. The fourth-order valence-corrected chi connectivity index (χ4v) is 5.29.